The number of halogens is 2. The third-order valence-corrected chi connectivity index (χ3v) is 3.50. The molecule has 1 amide bonds. The molecule has 1 aromatic carbocycles. The third-order valence-electron chi connectivity index (χ3n) is 2.20. The van der Waals surface area contributed by atoms with Gasteiger partial charge in [-0.25, -0.2) is 4.98 Å². The Labute approximate surface area is 123 Å². The van der Waals surface area contributed by atoms with Gasteiger partial charge in [-0.3, -0.25) is 4.79 Å². The summed E-state index contributed by atoms with van der Waals surface area (Å²) in [6.45, 7) is 0. The molecule has 1 aromatic heterocycles. The lowest BCUT2D eigenvalue weighted by Gasteiger charge is -2.01. The third kappa shape index (κ3) is 3.44. The van der Waals surface area contributed by atoms with Crippen molar-refractivity contribution in [3.05, 3.63) is 33.6 Å². The van der Waals surface area contributed by atoms with Gasteiger partial charge >= 0.3 is 0 Å². The number of thiazole rings is 1. The Kier molecular flexibility index (Phi) is 4.38. The lowest BCUT2D eigenvalue weighted by molar-refractivity contribution is -0.115. The average molecular weight is 312 g/mol. The monoisotopic (exact) mass is 311 g/mol. The number of aromatic nitrogens is 1. The van der Waals surface area contributed by atoms with Crippen LogP contribution in [0.3, 0.4) is 0 Å². The lowest BCUT2D eigenvalue weighted by Crippen LogP contribution is -2.09. The summed E-state index contributed by atoms with van der Waals surface area (Å²) in [5, 5.41) is 14.2. The number of hydrogen-bond acceptors (Lipinski definition) is 4. The molecule has 0 saturated carbocycles. The minimum absolute atomic E-state index is 0.198. The molecule has 0 aliphatic heterocycles. The molecule has 96 valence electrons. The van der Waals surface area contributed by atoms with E-state index in [-0.39, 0.29) is 12.3 Å². The van der Waals surface area contributed by atoms with Crippen molar-refractivity contribution in [2.75, 3.05) is 5.32 Å². The summed E-state index contributed by atoms with van der Waals surface area (Å²) in [5.74, 6) is -0.384. The molecule has 4 nitrogen and oxygen atoms in total. The summed E-state index contributed by atoms with van der Waals surface area (Å²) in [6, 6.07) is 6.88. The van der Waals surface area contributed by atoms with E-state index in [1.54, 1.807) is 29.6 Å². The van der Waals surface area contributed by atoms with E-state index in [1.165, 1.54) is 11.3 Å². The van der Waals surface area contributed by atoms with Gasteiger partial charge in [0.1, 0.15) is 6.42 Å². The minimum atomic E-state index is -0.384. The highest BCUT2D eigenvalue weighted by Gasteiger charge is 2.10. The van der Waals surface area contributed by atoms with E-state index in [0.29, 0.717) is 20.9 Å². The highest BCUT2D eigenvalue weighted by Crippen LogP contribution is 2.32. The minimum Gasteiger partial charge on any atom is -0.301 e. The summed E-state index contributed by atoms with van der Waals surface area (Å²) in [6.07, 6.45) is -0.198. The number of anilines is 1. The van der Waals surface area contributed by atoms with Gasteiger partial charge < -0.3 is 5.32 Å². The Balaban J connectivity index is 2.21. The SMILES string of the molecule is N#CCC(=O)Nc1nc(-c2ccc(Cl)cc2Cl)cs1. The van der Waals surface area contributed by atoms with Crippen LogP contribution in [0.15, 0.2) is 23.6 Å². The number of rotatable bonds is 3. The zero-order valence-electron chi connectivity index (χ0n) is 9.48. The molecule has 0 bridgehead atoms. The molecule has 19 heavy (non-hydrogen) atoms. The van der Waals surface area contributed by atoms with Gasteiger partial charge in [-0.05, 0) is 18.2 Å². The maximum absolute atomic E-state index is 11.3. The molecule has 7 heteroatoms. The number of hydrogen-bond donors (Lipinski definition) is 1. The topological polar surface area (TPSA) is 65.8 Å². The second-order valence-corrected chi connectivity index (χ2v) is 5.25. The number of amides is 1. The van der Waals surface area contributed by atoms with Gasteiger partial charge in [0.2, 0.25) is 5.91 Å². The van der Waals surface area contributed by atoms with Crippen molar-refractivity contribution in [1.29, 1.82) is 5.26 Å². The van der Waals surface area contributed by atoms with Gasteiger partial charge in [-0.2, -0.15) is 5.26 Å². The molecule has 0 saturated heterocycles. The molecular weight excluding hydrogens is 305 g/mol. The maximum atomic E-state index is 11.3. The highest BCUT2D eigenvalue weighted by molar-refractivity contribution is 7.14. The Hall–Kier alpha value is -1.61. The van der Waals surface area contributed by atoms with Gasteiger partial charge in [0, 0.05) is 16.0 Å². The van der Waals surface area contributed by atoms with E-state index in [1.807, 2.05) is 0 Å². The Morgan fingerprint density at radius 3 is 2.95 bits per heavy atom. The Morgan fingerprint density at radius 2 is 2.26 bits per heavy atom. The molecular formula is C12H7Cl2N3OS. The standard InChI is InChI=1S/C12H7Cl2N3OS/c13-7-1-2-8(9(14)5-7)10-6-19-12(16-10)17-11(18)3-4-15/h1-2,5-6H,3H2,(H,16,17,18). The molecule has 0 unspecified atom stereocenters. The van der Waals surface area contributed by atoms with E-state index < -0.39 is 0 Å². The summed E-state index contributed by atoms with van der Waals surface area (Å²) >= 11 is 13.2. The molecule has 0 spiro atoms. The van der Waals surface area contributed by atoms with Crippen molar-refractivity contribution in [3.63, 3.8) is 0 Å². The quantitative estimate of drug-likeness (QED) is 0.932. The van der Waals surface area contributed by atoms with Crippen LogP contribution in [-0.2, 0) is 4.79 Å². The van der Waals surface area contributed by atoms with E-state index in [0.717, 1.165) is 5.56 Å². The Morgan fingerprint density at radius 1 is 1.47 bits per heavy atom. The number of carbonyl (C=O) groups is 1. The maximum Gasteiger partial charge on any atom is 0.240 e. The molecule has 0 aliphatic carbocycles. The fraction of sp³-hybridized carbons (Fsp3) is 0.0833. The van der Waals surface area contributed by atoms with Crippen LogP contribution in [0.5, 0.6) is 0 Å². The van der Waals surface area contributed by atoms with Crippen molar-refractivity contribution in [2.45, 2.75) is 6.42 Å². The molecule has 0 atom stereocenters. The van der Waals surface area contributed by atoms with Crippen LogP contribution in [0.4, 0.5) is 5.13 Å². The van der Waals surface area contributed by atoms with Gasteiger partial charge in [0.05, 0.1) is 16.8 Å². The molecule has 0 radical (unpaired) electrons. The highest BCUT2D eigenvalue weighted by atomic mass is 35.5. The predicted octanol–water partition coefficient (Wildman–Crippen LogP) is 3.97. The van der Waals surface area contributed by atoms with Crippen molar-refractivity contribution in [2.24, 2.45) is 0 Å². The summed E-state index contributed by atoms with van der Waals surface area (Å²) in [7, 11) is 0. The summed E-state index contributed by atoms with van der Waals surface area (Å²) in [5.41, 5.74) is 1.39. The molecule has 2 aromatic rings. The van der Waals surface area contributed by atoms with Crippen LogP contribution < -0.4 is 5.32 Å². The van der Waals surface area contributed by atoms with Crippen LogP contribution in [-0.4, -0.2) is 10.9 Å². The zero-order chi connectivity index (χ0) is 13.8. The number of nitrogens with one attached hydrogen (secondary N) is 1. The molecule has 1 N–H and O–H groups in total. The summed E-state index contributed by atoms with van der Waals surface area (Å²) < 4.78 is 0. The van der Waals surface area contributed by atoms with Gasteiger partial charge in [0.25, 0.3) is 0 Å². The van der Waals surface area contributed by atoms with Crippen molar-refractivity contribution in [3.8, 4) is 17.3 Å². The van der Waals surface area contributed by atoms with Crippen LogP contribution >= 0.6 is 34.5 Å². The average Bonchev–Trinajstić information content (AvgIpc) is 2.77. The second-order valence-electron chi connectivity index (χ2n) is 3.55. The summed E-state index contributed by atoms with van der Waals surface area (Å²) in [4.78, 5) is 15.5. The van der Waals surface area contributed by atoms with Gasteiger partial charge in [-0.15, -0.1) is 11.3 Å². The first-order chi connectivity index (χ1) is 9.10. The van der Waals surface area contributed by atoms with Crippen LogP contribution in [0, 0.1) is 11.3 Å². The number of benzene rings is 1. The second kappa shape index (κ2) is 6.02. The van der Waals surface area contributed by atoms with Crippen molar-refractivity contribution >= 4 is 45.6 Å². The van der Waals surface area contributed by atoms with E-state index in [9.17, 15) is 4.79 Å². The normalized spacial score (nSPS) is 9.95. The van der Waals surface area contributed by atoms with Crippen molar-refractivity contribution < 1.29 is 4.79 Å². The first-order valence-corrected chi connectivity index (χ1v) is 6.81. The lowest BCUT2D eigenvalue weighted by atomic mass is 10.2. The fourth-order valence-corrected chi connectivity index (χ4v) is 2.62. The van der Waals surface area contributed by atoms with E-state index >= 15 is 0 Å². The molecule has 2 rings (SSSR count). The predicted molar refractivity (Wildman–Crippen MR) is 76.4 cm³/mol. The number of nitrogens with zero attached hydrogens (tertiary/aromatic N) is 2. The smallest absolute Gasteiger partial charge is 0.240 e. The van der Waals surface area contributed by atoms with Crippen LogP contribution in [0.2, 0.25) is 10.0 Å². The first kappa shape index (κ1) is 13.8. The van der Waals surface area contributed by atoms with Crippen LogP contribution in [0.1, 0.15) is 6.42 Å². The number of nitriles is 1. The molecule has 1 heterocycles. The van der Waals surface area contributed by atoms with E-state index in [4.69, 9.17) is 28.5 Å². The largest absolute Gasteiger partial charge is 0.301 e. The van der Waals surface area contributed by atoms with Crippen LogP contribution in [0.25, 0.3) is 11.3 Å². The number of carbonyl (C=O) groups excluding carboxylic acids is 1. The molecule has 0 aliphatic rings. The fourth-order valence-electron chi connectivity index (χ4n) is 1.39. The van der Waals surface area contributed by atoms with Gasteiger partial charge in [-0.1, -0.05) is 23.2 Å². The van der Waals surface area contributed by atoms with Gasteiger partial charge in [0.15, 0.2) is 5.13 Å². The van der Waals surface area contributed by atoms with E-state index in [2.05, 4.69) is 10.3 Å². The van der Waals surface area contributed by atoms with Crippen molar-refractivity contribution in [1.82, 2.24) is 4.98 Å². The Bertz CT molecular complexity index is 663. The first-order valence-electron chi connectivity index (χ1n) is 5.18. The molecule has 0 fully saturated rings. The zero-order valence-corrected chi connectivity index (χ0v) is 11.8.